The summed E-state index contributed by atoms with van der Waals surface area (Å²) in [5, 5.41) is 19.8. The number of aliphatic hydroxyl groups excluding tert-OH is 1. The summed E-state index contributed by atoms with van der Waals surface area (Å²) >= 11 is 0. The van der Waals surface area contributed by atoms with E-state index in [1.54, 1.807) is 13.3 Å². The van der Waals surface area contributed by atoms with Crippen molar-refractivity contribution in [3.05, 3.63) is 47.5 Å². The van der Waals surface area contributed by atoms with Gasteiger partial charge in [0.25, 0.3) is 0 Å². The van der Waals surface area contributed by atoms with Crippen LogP contribution in [0.1, 0.15) is 35.9 Å². The first-order valence-electron chi connectivity index (χ1n) is 8.57. The summed E-state index contributed by atoms with van der Waals surface area (Å²) in [6.07, 6.45) is 4.96. The third kappa shape index (κ3) is 3.84. The molecule has 6 heteroatoms. The maximum Gasteiger partial charge on any atom is 0.137 e. The molecule has 0 saturated carbocycles. The van der Waals surface area contributed by atoms with Crippen LogP contribution in [0.2, 0.25) is 0 Å². The lowest BCUT2D eigenvalue weighted by Gasteiger charge is -2.34. The average molecular weight is 340 g/mol. The lowest BCUT2D eigenvalue weighted by atomic mass is 9.90. The Balaban J connectivity index is 1.58. The van der Waals surface area contributed by atoms with Crippen molar-refractivity contribution in [2.75, 3.05) is 20.2 Å². The number of piperidine rings is 1. The quantitative estimate of drug-likeness (QED) is 0.903. The zero-order chi connectivity index (χ0) is 17.8. The van der Waals surface area contributed by atoms with Crippen LogP contribution in [0.15, 0.2) is 30.6 Å². The van der Waals surface area contributed by atoms with Crippen molar-refractivity contribution >= 4 is 0 Å². The van der Waals surface area contributed by atoms with E-state index in [-0.39, 0.29) is 5.92 Å². The maximum absolute atomic E-state index is 10.6. The number of hydrogen-bond donors (Lipinski definition) is 1. The smallest absolute Gasteiger partial charge is 0.137 e. The fourth-order valence-corrected chi connectivity index (χ4v) is 3.50. The Bertz CT molecular complexity index is 757. The van der Waals surface area contributed by atoms with Crippen molar-refractivity contribution in [3.8, 4) is 11.8 Å². The molecule has 1 aromatic heterocycles. The molecule has 1 saturated heterocycles. The number of aryl methyl sites for hydroxylation is 1. The second kappa shape index (κ2) is 7.68. The highest BCUT2D eigenvalue weighted by Crippen LogP contribution is 2.30. The molecule has 1 aromatic carbocycles. The van der Waals surface area contributed by atoms with Crippen molar-refractivity contribution in [2.45, 2.75) is 25.5 Å². The van der Waals surface area contributed by atoms with E-state index in [2.05, 4.69) is 16.0 Å². The lowest BCUT2D eigenvalue weighted by molar-refractivity contribution is 0.0492. The predicted octanol–water partition coefficient (Wildman–Crippen LogP) is 2.25. The molecule has 2 heterocycles. The van der Waals surface area contributed by atoms with E-state index in [9.17, 15) is 10.4 Å². The minimum Gasteiger partial charge on any atom is -0.495 e. The van der Waals surface area contributed by atoms with Gasteiger partial charge in [0.2, 0.25) is 0 Å². The molecule has 2 aromatic rings. The van der Waals surface area contributed by atoms with E-state index < -0.39 is 6.10 Å². The molecule has 0 bridgehead atoms. The number of aromatic nitrogens is 2. The molecule has 1 fully saturated rings. The standard InChI is InChI=1S/C19H24N4O2/c1-22-10-7-21-19(22)18(24)15-5-8-23(9-6-15)13-14-3-4-17(25-2)16(11-14)12-20/h3-4,7,10-11,15,18,24H,5-6,8-9,13H2,1-2H3. The van der Waals surface area contributed by atoms with Gasteiger partial charge in [0.15, 0.2) is 0 Å². The van der Waals surface area contributed by atoms with Gasteiger partial charge in [0.05, 0.1) is 12.7 Å². The molecule has 1 aliphatic rings. The number of benzene rings is 1. The monoisotopic (exact) mass is 340 g/mol. The van der Waals surface area contributed by atoms with Crippen LogP contribution in [0.25, 0.3) is 0 Å². The van der Waals surface area contributed by atoms with Crippen molar-refractivity contribution < 1.29 is 9.84 Å². The SMILES string of the molecule is COc1ccc(CN2CCC(C(O)c3nccn3C)CC2)cc1C#N. The fourth-order valence-electron chi connectivity index (χ4n) is 3.50. The fraction of sp³-hybridized carbons (Fsp3) is 0.474. The highest BCUT2D eigenvalue weighted by molar-refractivity contribution is 5.45. The molecular weight excluding hydrogens is 316 g/mol. The second-order valence-electron chi connectivity index (χ2n) is 6.60. The Morgan fingerprint density at radius 2 is 2.16 bits per heavy atom. The second-order valence-corrected chi connectivity index (χ2v) is 6.60. The third-order valence-electron chi connectivity index (χ3n) is 4.99. The van der Waals surface area contributed by atoms with Crippen LogP contribution in [-0.2, 0) is 13.6 Å². The Morgan fingerprint density at radius 3 is 2.76 bits per heavy atom. The zero-order valence-electron chi connectivity index (χ0n) is 14.7. The topological polar surface area (TPSA) is 74.3 Å². The van der Waals surface area contributed by atoms with Gasteiger partial charge < -0.3 is 14.4 Å². The Labute approximate surface area is 148 Å². The number of aliphatic hydroxyl groups is 1. The van der Waals surface area contributed by atoms with Crippen LogP contribution in [0.5, 0.6) is 5.75 Å². The number of hydrogen-bond acceptors (Lipinski definition) is 5. The minimum absolute atomic E-state index is 0.239. The Hall–Kier alpha value is -2.36. The van der Waals surface area contributed by atoms with Crippen molar-refractivity contribution in [1.82, 2.24) is 14.5 Å². The van der Waals surface area contributed by atoms with E-state index in [4.69, 9.17) is 4.74 Å². The van der Waals surface area contributed by atoms with Crippen molar-refractivity contribution in [1.29, 1.82) is 5.26 Å². The molecule has 0 amide bonds. The largest absolute Gasteiger partial charge is 0.495 e. The van der Waals surface area contributed by atoms with Crippen LogP contribution in [0, 0.1) is 17.2 Å². The molecule has 25 heavy (non-hydrogen) atoms. The third-order valence-corrected chi connectivity index (χ3v) is 4.99. The molecule has 1 aliphatic heterocycles. The number of ether oxygens (including phenoxy) is 1. The highest BCUT2D eigenvalue weighted by atomic mass is 16.5. The average Bonchev–Trinajstić information content (AvgIpc) is 3.07. The molecule has 3 rings (SSSR count). The first kappa shape index (κ1) is 17.5. The van der Waals surface area contributed by atoms with Crippen LogP contribution in [0.3, 0.4) is 0 Å². The van der Waals surface area contributed by atoms with Gasteiger partial charge in [-0.1, -0.05) is 6.07 Å². The summed E-state index contributed by atoms with van der Waals surface area (Å²) < 4.78 is 7.08. The van der Waals surface area contributed by atoms with E-state index in [1.807, 2.05) is 36.0 Å². The summed E-state index contributed by atoms with van der Waals surface area (Å²) in [4.78, 5) is 6.64. The summed E-state index contributed by atoms with van der Waals surface area (Å²) in [7, 11) is 3.49. The number of imidazole rings is 1. The van der Waals surface area contributed by atoms with Crippen LogP contribution >= 0.6 is 0 Å². The molecule has 0 aliphatic carbocycles. The van der Waals surface area contributed by atoms with Gasteiger partial charge in [0, 0.05) is 26.0 Å². The molecular formula is C19H24N4O2. The molecule has 0 spiro atoms. The van der Waals surface area contributed by atoms with Gasteiger partial charge in [-0.3, -0.25) is 4.90 Å². The molecule has 0 radical (unpaired) electrons. The zero-order valence-corrected chi connectivity index (χ0v) is 14.7. The highest BCUT2D eigenvalue weighted by Gasteiger charge is 2.28. The van der Waals surface area contributed by atoms with E-state index in [0.29, 0.717) is 11.3 Å². The van der Waals surface area contributed by atoms with Gasteiger partial charge >= 0.3 is 0 Å². The van der Waals surface area contributed by atoms with Crippen LogP contribution < -0.4 is 4.74 Å². The van der Waals surface area contributed by atoms with E-state index in [0.717, 1.165) is 43.9 Å². The molecule has 6 nitrogen and oxygen atoms in total. The summed E-state index contributed by atoms with van der Waals surface area (Å²) in [6.45, 7) is 2.67. The molecule has 1 unspecified atom stereocenters. The van der Waals surface area contributed by atoms with E-state index >= 15 is 0 Å². The van der Waals surface area contributed by atoms with Gasteiger partial charge in [-0.25, -0.2) is 4.98 Å². The van der Waals surface area contributed by atoms with Gasteiger partial charge in [-0.15, -0.1) is 0 Å². The summed E-state index contributed by atoms with van der Waals surface area (Å²) in [5.74, 6) is 1.60. The number of nitriles is 1. The van der Waals surface area contributed by atoms with Gasteiger partial charge in [-0.2, -0.15) is 5.26 Å². The maximum atomic E-state index is 10.6. The number of nitrogens with zero attached hydrogens (tertiary/aromatic N) is 4. The van der Waals surface area contributed by atoms with Crippen molar-refractivity contribution in [2.24, 2.45) is 13.0 Å². The lowest BCUT2D eigenvalue weighted by Crippen LogP contribution is -2.35. The normalized spacial score (nSPS) is 17.2. The number of rotatable bonds is 5. The first-order chi connectivity index (χ1) is 12.1. The first-order valence-corrected chi connectivity index (χ1v) is 8.57. The van der Waals surface area contributed by atoms with E-state index in [1.165, 1.54) is 0 Å². The molecule has 1 N–H and O–H groups in total. The molecule has 132 valence electrons. The predicted molar refractivity (Wildman–Crippen MR) is 93.9 cm³/mol. The summed E-state index contributed by atoms with van der Waals surface area (Å²) in [5.41, 5.74) is 1.68. The van der Waals surface area contributed by atoms with Gasteiger partial charge in [-0.05, 0) is 49.5 Å². The number of methoxy groups -OCH3 is 1. The van der Waals surface area contributed by atoms with Crippen molar-refractivity contribution in [3.63, 3.8) is 0 Å². The Kier molecular flexibility index (Phi) is 5.37. The van der Waals surface area contributed by atoms with Crippen LogP contribution in [-0.4, -0.2) is 39.8 Å². The van der Waals surface area contributed by atoms with Gasteiger partial charge in [0.1, 0.15) is 23.7 Å². The number of likely N-dealkylation sites (tertiary alicyclic amines) is 1. The minimum atomic E-state index is -0.506. The summed E-state index contributed by atoms with van der Waals surface area (Å²) in [6, 6.07) is 7.94. The van der Waals surface area contributed by atoms with Crippen LogP contribution in [0.4, 0.5) is 0 Å². The Morgan fingerprint density at radius 1 is 1.40 bits per heavy atom. The molecule has 1 atom stereocenters.